The fourth-order valence-electron chi connectivity index (χ4n) is 1.27. The SMILES string of the molecule is CNc1cccc(C)c1COC. The zero-order valence-electron chi connectivity index (χ0n) is 7.85. The molecule has 0 unspecified atom stereocenters. The lowest BCUT2D eigenvalue weighted by Crippen LogP contribution is -1.99. The third-order valence-corrected chi connectivity index (χ3v) is 1.97. The van der Waals surface area contributed by atoms with Crippen LogP contribution in [0.3, 0.4) is 0 Å². The molecule has 0 radical (unpaired) electrons. The van der Waals surface area contributed by atoms with Gasteiger partial charge in [0.15, 0.2) is 0 Å². The zero-order valence-corrected chi connectivity index (χ0v) is 7.85. The second-order valence-electron chi connectivity index (χ2n) is 2.78. The maximum atomic E-state index is 5.11. The summed E-state index contributed by atoms with van der Waals surface area (Å²) in [6.07, 6.45) is 0. The van der Waals surface area contributed by atoms with E-state index in [2.05, 4.69) is 24.4 Å². The van der Waals surface area contributed by atoms with Crippen molar-refractivity contribution in [2.24, 2.45) is 0 Å². The molecule has 1 aromatic rings. The van der Waals surface area contributed by atoms with Crippen molar-refractivity contribution >= 4 is 5.69 Å². The molecule has 0 aliphatic rings. The van der Waals surface area contributed by atoms with Crippen molar-refractivity contribution in [1.82, 2.24) is 0 Å². The van der Waals surface area contributed by atoms with Crippen LogP contribution in [0.1, 0.15) is 11.1 Å². The summed E-state index contributed by atoms with van der Waals surface area (Å²) in [6.45, 7) is 2.76. The Kier molecular flexibility index (Phi) is 3.11. The first-order valence-corrected chi connectivity index (χ1v) is 4.04. The summed E-state index contributed by atoms with van der Waals surface area (Å²) in [4.78, 5) is 0. The Labute approximate surface area is 73.6 Å². The van der Waals surface area contributed by atoms with Crippen LogP contribution in [0, 0.1) is 6.92 Å². The third-order valence-electron chi connectivity index (χ3n) is 1.97. The highest BCUT2D eigenvalue weighted by molar-refractivity contribution is 5.53. The summed E-state index contributed by atoms with van der Waals surface area (Å²) < 4.78 is 5.11. The molecule has 0 atom stereocenters. The molecule has 66 valence electrons. The fraction of sp³-hybridized carbons (Fsp3) is 0.400. The Hall–Kier alpha value is -1.02. The Morgan fingerprint density at radius 3 is 2.75 bits per heavy atom. The molecule has 0 aromatic heterocycles. The predicted octanol–water partition coefficient (Wildman–Crippen LogP) is 2.18. The van der Waals surface area contributed by atoms with Crippen molar-refractivity contribution in [2.45, 2.75) is 13.5 Å². The summed E-state index contributed by atoms with van der Waals surface area (Å²) in [5.41, 5.74) is 3.66. The maximum absolute atomic E-state index is 5.11. The lowest BCUT2D eigenvalue weighted by atomic mass is 10.1. The molecule has 2 nitrogen and oxygen atoms in total. The average molecular weight is 165 g/mol. The van der Waals surface area contributed by atoms with Gasteiger partial charge in [0.05, 0.1) is 6.61 Å². The van der Waals surface area contributed by atoms with E-state index in [-0.39, 0.29) is 0 Å². The van der Waals surface area contributed by atoms with Gasteiger partial charge in [0.1, 0.15) is 0 Å². The Bertz CT molecular complexity index is 258. The summed E-state index contributed by atoms with van der Waals surface area (Å²) in [5, 5.41) is 3.14. The van der Waals surface area contributed by atoms with E-state index in [4.69, 9.17) is 4.74 Å². The lowest BCUT2D eigenvalue weighted by Gasteiger charge is -2.10. The van der Waals surface area contributed by atoms with Gasteiger partial charge in [-0.15, -0.1) is 0 Å². The maximum Gasteiger partial charge on any atom is 0.0735 e. The van der Waals surface area contributed by atoms with Crippen molar-refractivity contribution in [3.8, 4) is 0 Å². The number of aryl methyl sites for hydroxylation is 1. The average Bonchev–Trinajstić information content (AvgIpc) is 2.09. The first kappa shape index (κ1) is 9.07. The van der Waals surface area contributed by atoms with E-state index >= 15 is 0 Å². The van der Waals surface area contributed by atoms with E-state index in [1.807, 2.05) is 13.1 Å². The quantitative estimate of drug-likeness (QED) is 0.741. The van der Waals surface area contributed by atoms with Crippen LogP contribution >= 0.6 is 0 Å². The normalized spacial score (nSPS) is 9.92. The highest BCUT2D eigenvalue weighted by atomic mass is 16.5. The second-order valence-corrected chi connectivity index (χ2v) is 2.78. The van der Waals surface area contributed by atoms with Crippen molar-refractivity contribution in [1.29, 1.82) is 0 Å². The van der Waals surface area contributed by atoms with Crippen molar-refractivity contribution < 1.29 is 4.74 Å². The second kappa shape index (κ2) is 4.12. The number of anilines is 1. The largest absolute Gasteiger partial charge is 0.388 e. The minimum atomic E-state index is 0.669. The number of ether oxygens (including phenoxy) is 1. The molecule has 0 aliphatic carbocycles. The van der Waals surface area contributed by atoms with E-state index in [1.165, 1.54) is 11.1 Å². The number of hydrogen-bond acceptors (Lipinski definition) is 2. The molecule has 0 saturated heterocycles. The van der Waals surface area contributed by atoms with Crippen LogP contribution in [0.2, 0.25) is 0 Å². The van der Waals surface area contributed by atoms with Crippen LogP contribution in [-0.4, -0.2) is 14.2 Å². The number of methoxy groups -OCH3 is 1. The van der Waals surface area contributed by atoms with Crippen molar-refractivity contribution in [3.63, 3.8) is 0 Å². The van der Waals surface area contributed by atoms with Gasteiger partial charge in [-0.25, -0.2) is 0 Å². The molecule has 1 aromatic carbocycles. The molecule has 0 aliphatic heterocycles. The van der Waals surface area contributed by atoms with Gasteiger partial charge >= 0.3 is 0 Å². The minimum Gasteiger partial charge on any atom is -0.388 e. The highest BCUT2D eigenvalue weighted by Crippen LogP contribution is 2.19. The smallest absolute Gasteiger partial charge is 0.0735 e. The lowest BCUT2D eigenvalue weighted by molar-refractivity contribution is 0.185. The Balaban J connectivity index is 3.02. The molecule has 1 N–H and O–H groups in total. The van der Waals surface area contributed by atoms with Crippen LogP contribution in [-0.2, 0) is 11.3 Å². The van der Waals surface area contributed by atoms with Gasteiger partial charge in [0, 0.05) is 25.4 Å². The fourth-order valence-corrected chi connectivity index (χ4v) is 1.27. The summed E-state index contributed by atoms with van der Waals surface area (Å²) in [6, 6.07) is 6.19. The van der Waals surface area contributed by atoms with Gasteiger partial charge in [-0.05, 0) is 18.6 Å². The topological polar surface area (TPSA) is 21.3 Å². The standard InChI is InChI=1S/C10H15NO/c1-8-5-4-6-10(11-2)9(8)7-12-3/h4-6,11H,7H2,1-3H3. The van der Waals surface area contributed by atoms with Crippen LogP contribution in [0.5, 0.6) is 0 Å². The van der Waals surface area contributed by atoms with Crippen LogP contribution in [0.15, 0.2) is 18.2 Å². The molecule has 0 bridgehead atoms. The number of benzene rings is 1. The van der Waals surface area contributed by atoms with Gasteiger partial charge in [0.2, 0.25) is 0 Å². The molecule has 2 heteroatoms. The number of hydrogen-bond donors (Lipinski definition) is 1. The summed E-state index contributed by atoms with van der Waals surface area (Å²) >= 11 is 0. The minimum absolute atomic E-state index is 0.669. The van der Waals surface area contributed by atoms with E-state index < -0.39 is 0 Å². The first-order valence-electron chi connectivity index (χ1n) is 4.04. The number of nitrogens with one attached hydrogen (secondary N) is 1. The Morgan fingerprint density at radius 2 is 2.17 bits per heavy atom. The predicted molar refractivity (Wildman–Crippen MR) is 51.4 cm³/mol. The molecule has 1 rings (SSSR count). The molecule has 0 saturated carbocycles. The molecule has 0 heterocycles. The third kappa shape index (κ3) is 1.77. The van der Waals surface area contributed by atoms with Crippen LogP contribution < -0.4 is 5.32 Å². The number of rotatable bonds is 3. The van der Waals surface area contributed by atoms with Crippen molar-refractivity contribution in [3.05, 3.63) is 29.3 Å². The van der Waals surface area contributed by atoms with E-state index in [0.717, 1.165) is 5.69 Å². The molecular formula is C10H15NO. The van der Waals surface area contributed by atoms with Crippen LogP contribution in [0.4, 0.5) is 5.69 Å². The van der Waals surface area contributed by atoms with Gasteiger partial charge < -0.3 is 10.1 Å². The van der Waals surface area contributed by atoms with Gasteiger partial charge in [-0.3, -0.25) is 0 Å². The zero-order chi connectivity index (χ0) is 8.97. The van der Waals surface area contributed by atoms with Crippen molar-refractivity contribution in [2.75, 3.05) is 19.5 Å². The molecule has 12 heavy (non-hydrogen) atoms. The van der Waals surface area contributed by atoms with E-state index in [0.29, 0.717) is 6.61 Å². The first-order chi connectivity index (χ1) is 5.79. The summed E-state index contributed by atoms with van der Waals surface area (Å²) in [7, 11) is 3.64. The van der Waals surface area contributed by atoms with Gasteiger partial charge in [0.25, 0.3) is 0 Å². The monoisotopic (exact) mass is 165 g/mol. The van der Waals surface area contributed by atoms with E-state index in [9.17, 15) is 0 Å². The Morgan fingerprint density at radius 1 is 1.42 bits per heavy atom. The summed E-state index contributed by atoms with van der Waals surface area (Å²) in [5.74, 6) is 0. The van der Waals surface area contributed by atoms with Gasteiger partial charge in [-0.1, -0.05) is 12.1 Å². The van der Waals surface area contributed by atoms with Gasteiger partial charge in [-0.2, -0.15) is 0 Å². The van der Waals surface area contributed by atoms with Crippen LogP contribution in [0.25, 0.3) is 0 Å². The molecule has 0 amide bonds. The highest BCUT2D eigenvalue weighted by Gasteiger charge is 2.02. The van der Waals surface area contributed by atoms with E-state index in [1.54, 1.807) is 7.11 Å². The molecule has 0 spiro atoms. The molecule has 0 fully saturated rings. The molecular weight excluding hydrogens is 150 g/mol.